The molecule has 0 aliphatic rings. The van der Waals surface area contributed by atoms with Crippen molar-refractivity contribution in [1.82, 2.24) is 9.78 Å². The number of amides is 1. The van der Waals surface area contributed by atoms with Crippen molar-refractivity contribution in [3.63, 3.8) is 0 Å². The Labute approximate surface area is 225 Å². The number of rotatable bonds is 6. The van der Waals surface area contributed by atoms with Crippen molar-refractivity contribution in [1.29, 1.82) is 0 Å². The minimum Gasteiger partial charge on any atom is -0.322 e. The van der Waals surface area contributed by atoms with Crippen LogP contribution in [0.4, 0.5) is 11.5 Å². The summed E-state index contributed by atoms with van der Waals surface area (Å²) < 4.78 is 32.4. The summed E-state index contributed by atoms with van der Waals surface area (Å²) in [5.41, 5.74) is 3.64. The van der Waals surface area contributed by atoms with Crippen molar-refractivity contribution < 1.29 is 17.8 Å². The summed E-state index contributed by atoms with van der Waals surface area (Å²) in [5, 5.41) is 8.83. The molecule has 6 rings (SSSR count). The maximum Gasteiger partial charge on any atom is 0.263 e. The van der Waals surface area contributed by atoms with Crippen molar-refractivity contribution >= 4 is 49.2 Å². The molecule has 2 heterocycles. The monoisotopic (exact) mass is 534 g/mol. The lowest BCUT2D eigenvalue weighted by Gasteiger charge is -2.12. The largest absolute Gasteiger partial charge is 0.322 e. The molecule has 8 nitrogen and oxygen atoms in total. The first-order valence-corrected chi connectivity index (χ1v) is 13.7. The van der Waals surface area contributed by atoms with Gasteiger partial charge in [-0.15, -0.1) is 0 Å². The molecule has 0 saturated heterocycles. The van der Waals surface area contributed by atoms with Crippen LogP contribution in [0.25, 0.3) is 27.5 Å². The Kier molecular flexibility index (Phi) is 6.05. The number of hydrogen-bond acceptors (Lipinski definition) is 4. The topological polar surface area (TPSA) is 97.0 Å². The Morgan fingerprint density at radius 2 is 1.36 bits per heavy atom. The first-order chi connectivity index (χ1) is 18.9. The third kappa shape index (κ3) is 4.49. The molecule has 192 valence electrons. The quantitative estimate of drug-likeness (QED) is 0.231. The van der Waals surface area contributed by atoms with Gasteiger partial charge in [-0.05, 0) is 48.5 Å². The van der Waals surface area contributed by atoms with E-state index in [1.807, 2.05) is 85.9 Å². The summed E-state index contributed by atoms with van der Waals surface area (Å²) in [7, 11) is -1.92. The molecule has 0 bridgehead atoms. The van der Waals surface area contributed by atoms with Crippen LogP contribution < -0.4 is 14.6 Å². The molecule has 0 unspecified atom stereocenters. The molecular weight excluding hydrogens is 510 g/mol. The Morgan fingerprint density at radius 1 is 0.769 bits per heavy atom. The average molecular weight is 535 g/mol. The number of hydrogen-bond donors (Lipinski definition) is 2. The van der Waals surface area contributed by atoms with Crippen LogP contribution in [0.2, 0.25) is 0 Å². The van der Waals surface area contributed by atoms with Crippen molar-refractivity contribution in [3.05, 3.63) is 121 Å². The molecule has 2 N–H and O–H groups in total. The molecule has 0 spiro atoms. The molecule has 0 radical (unpaired) electrons. The molecule has 4 aromatic carbocycles. The lowest BCUT2D eigenvalue weighted by Crippen LogP contribution is -2.31. The fourth-order valence-corrected chi connectivity index (χ4v) is 5.78. The van der Waals surface area contributed by atoms with Crippen LogP contribution in [0, 0.1) is 0 Å². The number of aryl methyl sites for hydroxylation is 1. The Morgan fingerprint density at radius 3 is 2.00 bits per heavy atom. The number of pyridine rings is 1. The van der Waals surface area contributed by atoms with Gasteiger partial charge >= 0.3 is 0 Å². The summed E-state index contributed by atoms with van der Waals surface area (Å²) >= 11 is 0. The minimum atomic E-state index is -3.90. The van der Waals surface area contributed by atoms with Gasteiger partial charge in [-0.3, -0.25) is 9.52 Å². The molecule has 2 aromatic heterocycles. The Bertz CT molecular complexity index is 1890. The van der Waals surface area contributed by atoms with Crippen LogP contribution in [0.15, 0.2) is 120 Å². The average Bonchev–Trinajstić information content (AvgIpc) is 3.41. The number of nitrogens with one attached hydrogen (secondary N) is 2. The number of sulfonamides is 1. The van der Waals surface area contributed by atoms with E-state index in [4.69, 9.17) is 0 Å². The zero-order chi connectivity index (χ0) is 27.0. The normalized spacial score (nSPS) is 11.5. The Balaban J connectivity index is 1.28. The molecule has 0 fully saturated rings. The van der Waals surface area contributed by atoms with Crippen LogP contribution in [0.5, 0.6) is 0 Å². The van der Waals surface area contributed by atoms with Gasteiger partial charge in [0.05, 0.1) is 33.1 Å². The smallest absolute Gasteiger partial charge is 0.263 e. The number of fused-ring (bicyclic) bond motifs is 2. The van der Waals surface area contributed by atoms with Crippen molar-refractivity contribution in [3.8, 4) is 5.69 Å². The van der Waals surface area contributed by atoms with Gasteiger partial charge in [0.15, 0.2) is 0 Å². The van der Waals surface area contributed by atoms with Crippen molar-refractivity contribution in [2.24, 2.45) is 7.05 Å². The maximum atomic E-state index is 13.6. The van der Waals surface area contributed by atoms with E-state index in [2.05, 4.69) is 19.7 Å². The fraction of sp³-hybridized carbons (Fsp3) is 0.0333. The summed E-state index contributed by atoms with van der Waals surface area (Å²) in [5.74, 6) is 0.0399. The summed E-state index contributed by atoms with van der Waals surface area (Å²) in [6, 6.07) is 32.4. The number of aromatic nitrogens is 3. The van der Waals surface area contributed by atoms with E-state index in [0.29, 0.717) is 17.1 Å². The number of para-hydroxylation sites is 3. The highest BCUT2D eigenvalue weighted by Crippen LogP contribution is 2.26. The third-order valence-electron chi connectivity index (χ3n) is 6.60. The minimum absolute atomic E-state index is 0.0592. The van der Waals surface area contributed by atoms with Crippen molar-refractivity contribution in [2.75, 3.05) is 10.0 Å². The number of benzene rings is 4. The van der Waals surface area contributed by atoms with Gasteiger partial charge < -0.3 is 5.32 Å². The highest BCUT2D eigenvalue weighted by Gasteiger charge is 2.22. The second-order valence-corrected chi connectivity index (χ2v) is 10.7. The second kappa shape index (κ2) is 9.70. The van der Waals surface area contributed by atoms with Gasteiger partial charge in [0.1, 0.15) is 12.9 Å². The predicted octanol–water partition coefficient (Wildman–Crippen LogP) is 5.06. The number of carbonyl (C=O) groups is 1. The van der Waals surface area contributed by atoms with Crippen LogP contribution in [0.1, 0.15) is 10.4 Å². The van der Waals surface area contributed by atoms with Crippen molar-refractivity contribution in [2.45, 2.75) is 4.90 Å². The van der Waals surface area contributed by atoms with E-state index in [1.54, 1.807) is 18.2 Å². The summed E-state index contributed by atoms with van der Waals surface area (Å²) in [6.07, 6.45) is 1.53. The van der Waals surface area contributed by atoms with Crippen LogP contribution >= 0.6 is 0 Å². The highest BCUT2D eigenvalue weighted by molar-refractivity contribution is 7.92. The molecule has 1 amide bonds. The summed E-state index contributed by atoms with van der Waals surface area (Å²) in [4.78, 5) is 13.6. The van der Waals surface area contributed by atoms with Gasteiger partial charge in [0.25, 0.3) is 15.9 Å². The second-order valence-electron chi connectivity index (χ2n) is 9.02. The zero-order valence-corrected chi connectivity index (χ0v) is 21.8. The molecule has 0 saturated carbocycles. The SMILES string of the molecule is C[n+]1c2ccccc2c(C(=O)Nc2ccc(S(=O)(=O)Nc3ccnn3-c3ccccc3)cc2)c2ccccc21. The molecule has 0 aliphatic carbocycles. The highest BCUT2D eigenvalue weighted by atomic mass is 32.2. The van der Waals surface area contributed by atoms with E-state index >= 15 is 0 Å². The molecule has 6 aromatic rings. The fourth-order valence-electron chi connectivity index (χ4n) is 4.74. The Hall–Kier alpha value is -5.02. The maximum absolute atomic E-state index is 13.6. The number of carbonyl (C=O) groups excluding carboxylic acids is 1. The van der Waals surface area contributed by atoms with E-state index in [1.165, 1.54) is 23.0 Å². The first kappa shape index (κ1) is 24.3. The van der Waals surface area contributed by atoms with Gasteiger partial charge in [-0.2, -0.15) is 9.67 Å². The molecular formula is C30H24N5O3S+. The molecule has 9 heteroatoms. The van der Waals surface area contributed by atoms with Crippen LogP contribution in [-0.2, 0) is 17.1 Å². The van der Waals surface area contributed by atoms with E-state index < -0.39 is 10.0 Å². The van der Waals surface area contributed by atoms with Gasteiger partial charge in [-0.25, -0.2) is 13.1 Å². The van der Waals surface area contributed by atoms with Gasteiger partial charge in [0, 0.05) is 23.9 Å². The van der Waals surface area contributed by atoms with E-state index in [9.17, 15) is 13.2 Å². The number of anilines is 2. The lowest BCUT2D eigenvalue weighted by atomic mass is 10.0. The van der Waals surface area contributed by atoms with Gasteiger partial charge in [0.2, 0.25) is 11.0 Å². The number of nitrogens with zero attached hydrogens (tertiary/aromatic N) is 3. The van der Waals surface area contributed by atoms with E-state index in [-0.39, 0.29) is 10.8 Å². The predicted molar refractivity (Wildman–Crippen MR) is 151 cm³/mol. The first-order valence-electron chi connectivity index (χ1n) is 12.3. The van der Waals surface area contributed by atoms with Gasteiger partial charge in [-0.1, -0.05) is 42.5 Å². The van der Waals surface area contributed by atoms with Crippen LogP contribution in [0.3, 0.4) is 0 Å². The third-order valence-corrected chi connectivity index (χ3v) is 7.97. The molecule has 0 aliphatic heterocycles. The summed E-state index contributed by atoms with van der Waals surface area (Å²) in [6.45, 7) is 0. The molecule has 0 atom stereocenters. The molecule has 39 heavy (non-hydrogen) atoms. The lowest BCUT2D eigenvalue weighted by molar-refractivity contribution is -0.617. The standard InChI is InChI=1S/C30H23N5O3S/c1-34-26-13-7-5-11-24(26)29(25-12-6-8-14-27(25)34)30(36)32-21-15-17-23(18-16-21)39(37,38)33-28-19-20-31-35(28)22-9-3-2-4-10-22/h2-20H,1H3,(H-,31,32,33,36)/p+1. The zero-order valence-electron chi connectivity index (χ0n) is 20.9. The van der Waals surface area contributed by atoms with E-state index in [0.717, 1.165) is 27.5 Å². The van der Waals surface area contributed by atoms with Crippen LogP contribution in [-0.4, -0.2) is 24.1 Å².